The maximum absolute atomic E-state index is 5.89. The molecule has 0 aliphatic rings. The molecular formula is C22H18N6OS. The molecule has 3 heterocycles. The van der Waals surface area contributed by atoms with E-state index in [0.717, 1.165) is 32.4 Å². The van der Waals surface area contributed by atoms with Gasteiger partial charge in [-0.05, 0) is 5.56 Å². The van der Waals surface area contributed by atoms with E-state index in [9.17, 15) is 0 Å². The third-order valence-corrected chi connectivity index (χ3v) is 5.70. The zero-order valence-electron chi connectivity index (χ0n) is 16.2. The Bertz CT molecular complexity index is 1250. The number of thiazole rings is 1. The Labute approximate surface area is 177 Å². The van der Waals surface area contributed by atoms with Crippen LogP contribution in [-0.4, -0.2) is 29.9 Å². The summed E-state index contributed by atoms with van der Waals surface area (Å²) in [5.74, 6) is 1.26. The molecule has 3 aromatic heterocycles. The van der Waals surface area contributed by atoms with Crippen LogP contribution >= 0.6 is 11.3 Å². The standard InChI is InChI=1S/C22H18N6OS/c1-28-17(12-18(27-28)29-13-15-8-4-2-5-9-15)22-25-19(16-10-6-3-7-11-16)20(30-22)21-23-14-24-26-21/h2-12,14H,13H2,1H3,(H,23,24,26). The van der Waals surface area contributed by atoms with E-state index >= 15 is 0 Å². The largest absolute Gasteiger partial charge is 0.472 e. The van der Waals surface area contributed by atoms with Crippen molar-refractivity contribution in [3.63, 3.8) is 0 Å². The smallest absolute Gasteiger partial charge is 0.233 e. The quantitative estimate of drug-likeness (QED) is 0.440. The Kier molecular flexibility index (Phi) is 4.82. The van der Waals surface area contributed by atoms with Crippen LogP contribution in [0.15, 0.2) is 73.1 Å². The summed E-state index contributed by atoms with van der Waals surface area (Å²) < 4.78 is 7.68. The number of aryl methyl sites for hydroxylation is 1. The van der Waals surface area contributed by atoms with Crippen molar-refractivity contribution in [1.29, 1.82) is 0 Å². The van der Waals surface area contributed by atoms with Gasteiger partial charge in [0.25, 0.3) is 0 Å². The summed E-state index contributed by atoms with van der Waals surface area (Å²) in [4.78, 5) is 10.2. The summed E-state index contributed by atoms with van der Waals surface area (Å²) in [5, 5.41) is 12.3. The number of nitrogens with zero attached hydrogens (tertiary/aromatic N) is 5. The summed E-state index contributed by atoms with van der Waals surface area (Å²) >= 11 is 1.55. The van der Waals surface area contributed by atoms with Crippen LogP contribution < -0.4 is 4.74 Å². The Morgan fingerprint density at radius 3 is 2.53 bits per heavy atom. The second-order valence-electron chi connectivity index (χ2n) is 6.66. The molecule has 0 saturated carbocycles. The van der Waals surface area contributed by atoms with Crippen molar-refractivity contribution in [1.82, 2.24) is 29.9 Å². The van der Waals surface area contributed by atoms with Crippen LogP contribution in [0.2, 0.25) is 0 Å². The molecule has 0 saturated heterocycles. The minimum absolute atomic E-state index is 0.466. The number of hydrogen-bond acceptors (Lipinski definition) is 6. The molecule has 5 aromatic rings. The molecule has 0 aliphatic carbocycles. The fourth-order valence-corrected chi connectivity index (χ4v) is 4.22. The second-order valence-corrected chi connectivity index (χ2v) is 7.66. The van der Waals surface area contributed by atoms with Gasteiger partial charge in [0.1, 0.15) is 23.6 Å². The van der Waals surface area contributed by atoms with Crippen molar-refractivity contribution < 1.29 is 4.74 Å². The van der Waals surface area contributed by atoms with Crippen LogP contribution in [0.4, 0.5) is 0 Å². The minimum atomic E-state index is 0.466. The lowest BCUT2D eigenvalue weighted by Crippen LogP contribution is -1.97. The van der Waals surface area contributed by atoms with Crippen molar-refractivity contribution >= 4 is 11.3 Å². The van der Waals surface area contributed by atoms with Crippen LogP contribution in [0.25, 0.3) is 32.7 Å². The van der Waals surface area contributed by atoms with E-state index in [2.05, 4.69) is 20.3 Å². The third kappa shape index (κ3) is 3.60. The number of H-pyrrole nitrogens is 1. The summed E-state index contributed by atoms with van der Waals surface area (Å²) in [6.07, 6.45) is 1.50. The number of rotatable bonds is 6. The average molecular weight is 414 g/mol. The van der Waals surface area contributed by atoms with E-state index in [1.807, 2.05) is 73.8 Å². The van der Waals surface area contributed by atoms with Gasteiger partial charge in [0, 0.05) is 18.7 Å². The van der Waals surface area contributed by atoms with Gasteiger partial charge < -0.3 is 4.74 Å². The van der Waals surface area contributed by atoms with Crippen molar-refractivity contribution in [2.45, 2.75) is 6.61 Å². The lowest BCUT2D eigenvalue weighted by Gasteiger charge is -2.01. The number of nitrogens with one attached hydrogen (secondary N) is 1. The van der Waals surface area contributed by atoms with E-state index < -0.39 is 0 Å². The lowest BCUT2D eigenvalue weighted by molar-refractivity contribution is 0.291. The van der Waals surface area contributed by atoms with Crippen molar-refractivity contribution in [3.8, 4) is 38.5 Å². The molecular weight excluding hydrogens is 396 g/mol. The monoisotopic (exact) mass is 414 g/mol. The van der Waals surface area contributed by atoms with E-state index in [4.69, 9.17) is 9.72 Å². The predicted molar refractivity (Wildman–Crippen MR) is 116 cm³/mol. The average Bonchev–Trinajstić information content (AvgIpc) is 3.53. The second kappa shape index (κ2) is 7.92. The van der Waals surface area contributed by atoms with Crippen LogP contribution in [0.5, 0.6) is 5.88 Å². The zero-order valence-corrected chi connectivity index (χ0v) is 17.0. The highest BCUT2D eigenvalue weighted by Crippen LogP contribution is 2.39. The van der Waals surface area contributed by atoms with Gasteiger partial charge in [0.05, 0.1) is 10.6 Å². The first-order chi connectivity index (χ1) is 14.8. The van der Waals surface area contributed by atoms with Crippen molar-refractivity contribution in [2.24, 2.45) is 7.05 Å². The number of aromatic nitrogens is 6. The summed E-state index contributed by atoms with van der Waals surface area (Å²) in [6, 6.07) is 22.0. The van der Waals surface area contributed by atoms with Crippen LogP contribution in [0, 0.1) is 0 Å². The van der Waals surface area contributed by atoms with Crippen LogP contribution in [0.3, 0.4) is 0 Å². The lowest BCUT2D eigenvalue weighted by atomic mass is 10.1. The fourth-order valence-electron chi connectivity index (χ4n) is 3.14. The Morgan fingerprint density at radius 2 is 1.80 bits per heavy atom. The maximum Gasteiger partial charge on any atom is 0.233 e. The molecule has 7 nitrogen and oxygen atoms in total. The number of aromatic amines is 1. The number of hydrogen-bond donors (Lipinski definition) is 1. The molecule has 0 fully saturated rings. The van der Waals surface area contributed by atoms with E-state index in [1.165, 1.54) is 6.33 Å². The Balaban J connectivity index is 1.49. The molecule has 0 atom stereocenters. The summed E-state index contributed by atoms with van der Waals surface area (Å²) in [6.45, 7) is 0.466. The van der Waals surface area contributed by atoms with Gasteiger partial charge in [-0.2, -0.15) is 5.10 Å². The first-order valence-corrected chi connectivity index (χ1v) is 10.2. The van der Waals surface area contributed by atoms with Gasteiger partial charge in [-0.25, -0.2) is 9.97 Å². The molecule has 0 amide bonds. The number of benzene rings is 2. The van der Waals surface area contributed by atoms with Crippen LogP contribution in [0.1, 0.15) is 5.56 Å². The molecule has 0 radical (unpaired) electrons. The molecule has 8 heteroatoms. The molecule has 5 rings (SSSR count). The van der Waals surface area contributed by atoms with Gasteiger partial charge in [-0.1, -0.05) is 60.7 Å². The fraction of sp³-hybridized carbons (Fsp3) is 0.0909. The third-order valence-electron chi connectivity index (χ3n) is 4.61. The summed E-state index contributed by atoms with van der Waals surface area (Å²) in [7, 11) is 1.89. The molecule has 148 valence electrons. The first-order valence-electron chi connectivity index (χ1n) is 9.41. The maximum atomic E-state index is 5.89. The molecule has 30 heavy (non-hydrogen) atoms. The Morgan fingerprint density at radius 1 is 1.03 bits per heavy atom. The van der Waals surface area contributed by atoms with Crippen LogP contribution in [-0.2, 0) is 13.7 Å². The molecule has 0 unspecified atom stereocenters. The number of ether oxygens (including phenoxy) is 1. The molecule has 0 spiro atoms. The van der Waals surface area contributed by atoms with Crippen molar-refractivity contribution in [3.05, 3.63) is 78.6 Å². The van der Waals surface area contributed by atoms with Gasteiger partial charge >= 0.3 is 0 Å². The predicted octanol–water partition coefficient (Wildman–Crippen LogP) is 4.57. The van der Waals surface area contributed by atoms with Gasteiger partial charge in [-0.15, -0.1) is 16.4 Å². The highest BCUT2D eigenvalue weighted by atomic mass is 32.1. The van der Waals surface area contributed by atoms with E-state index in [-0.39, 0.29) is 0 Å². The van der Waals surface area contributed by atoms with Gasteiger partial charge in [-0.3, -0.25) is 9.78 Å². The van der Waals surface area contributed by atoms with E-state index in [1.54, 1.807) is 16.0 Å². The van der Waals surface area contributed by atoms with Gasteiger partial charge in [0.15, 0.2) is 5.82 Å². The van der Waals surface area contributed by atoms with Gasteiger partial charge in [0.2, 0.25) is 5.88 Å². The normalized spacial score (nSPS) is 11.0. The minimum Gasteiger partial charge on any atom is -0.472 e. The zero-order chi connectivity index (χ0) is 20.3. The molecule has 0 aliphatic heterocycles. The van der Waals surface area contributed by atoms with Crippen molar-refractivity contribution in [2.75, 3.05) is 0 Å². The highest BCUT2D eigenvalue weighted by Gasteiger charge is 2.20. The SMILES string of the molecule is Cn1nc(OCc2ccccc2)cc1-c1nc(-c2ccccc2)c(-c2ncn[nH]2)s1. The Hall–Kier alpha value is -3.78. The topological polar surface area (TPSA) is 81.5 Å². The molecule has 0 bridgehead atoms. The van der Waals surface area contributed by atoms with E-state index in [0.29, 0.717) is 18.3 Å². The first kappa shape index (κ1) is 18.3. The molecule has 1 N–H and O–H groups in total. The summed E-state index contributed by atoms with van der Waals surface area (Å²) in [5.41, 5.74) is 3.86. The highest BCUT2D eigenvalue weighted by molar-refractivity contribution is 7.18. The molecule has 2 aromatic carbocycles.